The molecule has 3 rings (SSSR count). The van der Waals surface area contributed by atoms with E-state index in [2.05, 4.69) is 20.9 Å². The van der Waals surface area contributed by atoms with E-state index in [1.165, 1.54) is 11.1 Å². The molecule has 1 aliphatic rings. The number of hydrogen-bond donors (Lipinski definition) is 2. The normalized spacial score (nSPS) is 15.2. The Morgan fingerprint density at radius 1 is 1.38 bits per heavy atom. The van der Waals surface area contributed by atoms with Gasteiger partial charge >= 0.3 is 0 Å². The van der Waals surface area contributed by atoms with Gasteiger partial charge < -0.3 is 10.7 Å². The lowest BCUT2D eigenvalue weighted by molar-refractivity contribution is 0.272. The van der Waals surface area contributed by atoms with Crippen molar-refractivity contribution < 1.29 is 0 Å². The largest absolute Gasteiger partial charge is 0.398 e. The summed E-state index contributed by atoms with van der Waals surface area (Å²) in [4.78, 5) is 9.50. The van der Waals surface area contributed by atoms with Gasteiger partial charge in [-0.1, -0.05) is 12.1 Å². The van der Waals surface area contributed by atoms with E-state index in [4.69, 9.17) is 5.73 Å². The number of anilines is 1. The van der Waals surface area contributed by atoms with Gasteiger partial charge in [-0.15, -0.1) is 0 Å². The molecule has 16 heavy (non-hydrogen) atoms. The molecule has 4 nitrogen and oxygen atoms in total. The van der Waals surface area contributed by atoms with Gasteiger partial charge in [0.15, 0.2) is 0 Å². The highest BCUT2D eigenvalue weighted by Gasteiger charge is 2.20. The first kappa shape index (κ1) is 9.42. The minimum absolute atomic E-state index is 0.897. The molecule has 0 amide bonds. The third-order valence-electron chi connectivity index (χ3n) is 3.03. The Bertz CT molecular complexity index is 490. The minimum atomic E-state index is 0.897. The van der Waals surface area contributed by atoms with Gasteiger partial charge in [0.25, 0.3) is 0 Å². The van der Waals surface area contributed by atoms with Crippen molar-refractivity contribution in [3.63, 3.8) is 0 Å². The molecule has 1 aliphatic heterocycles. The Labute approximate surface area is 94.1 Å². The Hall–Kier alpha value is -1.81. The van der Waals surface area contributed by atoms with Crippen LogP contribution in [0.1, 0.15) is 16.8 Å². The zero-order chi connectivity index (χ0) is 11.0. The fourth-order valence-corrected chi connectivity index (χ4v) is 2.24. The molecule has 4 heteroatoms. The first-order chi connectivity index (χ1) is 7.83. The molecule has 0 bridgehead atoms. The van der Waals surface area contributed by atoms with Crippen LogP contribution in [0, 0.1) is 0 Å². The number of fused-ring (bicyclic) bond motifs is 1. The standard InChI is InChI=1S/C12H14N4/c13-12-3-1-2-9-5-16(7-11(9)12)6-10-4-14-8-15-10/h1-4,8H,5-7,13H2,(H,14,15). The van der Waals surface area contributed by atoms with Crippen molar-refractivity contribution in [1.82, 2.24) is 14.9 Å². The lowest BCUT2D eigenvalue weighted by Gasteiger charge is -2.12. The molecule has 0 saturated heterocycles. The van der Waals surface area contributed by atoms with Crippen molar-refractivity contribution in [1.29, 1.82) is 0 Å². The molecule has 0 atom stereocenters. The van der Waals surface area contributed by atoms with Crippen molar-refractivity contribution in [3.8, 4) is 0 Å². The number of benzene rings is 1. The number of nitrogen functional groups attached to an aromatic ring is 1. The smallest absolute Gasteiger partial charge is 0.0922 e. The molecule has 0 radical (unpaired) electrons. The number of rotatable bonds is 2. The van der Waals surface area contributed by atoms with E-state index in [1.54, 1.807) is 6.33 Å². The van der Waals surface area contributed by atoms with Crippen molar-refractivity contribution in [3.05, 3.63) is 47.5 Å². The fourth-order valence-electron chi connectivity index (χ4n) is 2.24. The average molecular weight is 214 g/mol. The van der Waals surface area contributed by atoms with Gasteiger partial charge in [-0.2, -0.15) is 0 Å². The monoisotopic (exact) mass is 214 g/mol. The van der Waals surface area contributed by atoms with Gasteiger partial charge in [-0.05, 0) is 17.2 Å². The number of aromatic amines is 1. The van der Waals surface area contributed by atoms with Crippen LogP contribution >= 0.6 is 0 Å². The topological polar surface area (TPSA) is 57.9 Å². The van der Waals surface area contributed by atoms with Crippen molar-refractivity contribution in [2.45, 2.75) is 19.6 Å². The summed E-state index contributed by atoms with van der Waals surface area (Å²) in [6, 6.07) is 6.14. The second-order valence-corrected chi connectivity index (χ2v) is 4.21. The van der Waals surface area contributed by atoms with E-state index in [1.807, 2.05) is 18.3 Å². The lowest BCUT2D eigenvalue weighted by atomic mass is 10.1. The van der Waals surface area contributed by atoms with Gasteiger partial charge in [-0.25, -0.2) is 4.98 Å². The number of imidazole rings is 1. The maximum Gasteiger partial charge on any atom is 0.0922 e. The molecule has 0 saturated carbocycles. The summed E-state index contributed by atoms with van der Waals surface area (Å²) in [5.41, 5.74) is 10.6. The zero-order valence-corrected chi connectivity index (χ0v) is 8.98. The summed E-state index contributed by atoms with van der Waals surface area (Å²) in [6.07, 6.45) is 3.58. The predicted molar refractivity (Wildman–Crippen MR) is 62.4 cm³/mol. The summed E-state index contributed by atoms with van der Waals surface area (Å²) in [7, 11) is 0. The van der Waals surface area contributed by atoms with Crippen LogP contribution in [0.4, 0.5) is 5.69 Å². The van der Waals surface area contributed by atoms with Crippen molar-refractivity contribution in [2.24, 2.45) is 0 Å². The van der Waals surface area contributed by atoms with Crippen LogP contribution in [0.2, 0.25) is 0 Å². The van der Waals surface area contributed by atoms with Crippen LogP contribution in [0.5, 0.6) is 0 Å². The van der Waals surface area contributed by atoms with Crippen LogP contribution < -0.4 is 5.73 Å². The van der Waals surface area contributed by atoms with E-state index in [9.17, 15) is 0 Å². The minimum Gasteiger partial charge on any atom is -0.398 e. The summed E-state index contributed by atoms with van der Waals surface area (Å²) < 4.78 is 0. The van der Waals surface area contributed by atoms with Gasteiger partial charge in [0.2, 0.25) is 0 Å². The van der Waals surface area contributed by atoms with Gasteiger partial charge in [0.05, 0.1) is 6.33 Å². The van der Waals surface area contributed by atoms with Crippen LogP contribution in [0.3, 0.4) is 0 Å². The maximum atomic E-state index is 5.96. The van der Waals surface area contributed by atoms with E-state index in [-0.39, 0.29) is 0 Å². The molecule has 0 fully saturated rings. The maximum absolute atomic E-state index is 5.96. The second kappa shape index (κ2) is 3.64. The zero-order valence-electron chi connectivity index (χ0n) is 8.98. The summed E-state index contributed by atoms with van der Waals surface area (Å²) in [5.74, 6) is 0. The summed E-state index contributed by atoms with van der Waals surface area (Å²) >= 11 is 0. The van der Waals surface area contributed by atoms with Crippen LogP contribution in [-0.4, -0.2) is 14.9 Å². The number of nitrogens with zero attached hydrogens (tertiary/aromatic N) is 2. The highest BCUT2D eigenvalue weighted by Crippen LogP contribution is 2.28. The van der Waals surface area contributed by atoms with Gasteiger partial charge in [0, 0.05) is 37.2 Å². The first-order valence-electron chi connectivity index (χ1n) is 5.39. The Morgan fingerprint density at radius 3 is 3.06 bits per heavy atom. The van der Waals surface area contributed by atoms with E-state index in [0.29, 0.717) is 0 Å². The Morgan fingerprint density at radius 2 is 2.31 bits per heavy atom. The molecule has 0 spiro atoms. The summed E-state index contributed by atoms with van der Waals surface area (Å²) in [6.45, 7) is 2.80. The van der Waals surface area contributed by atoms with Crippen LogP contribution in [0.25, 0.3) is 0 Å². The molecule has 2 aromatic rings. The number of H-pyrrole nitrogens is 1. The molecule has 1 aromatic heterocycles. The predicted octanol–water partition coefficient (Wildman–Crippen LogP) is 1.51. The van der Waals surface area contributed by atoms with Crippen molar-refractivity contribution in [2.75, 3.05) is 5.73 Å². The SMILES string of the molecule is Nc1cccc2c1CN(Cc1cnc[nH]1)C2. The number of nitrogens with two attached hydrogens (primary N) is 1. The second-order valence-electron chi connectivity index (χ2n) is 4.21. The third-order valence-corrected chi connectivity index (χ3v) is 3.03. The van der Waals surface area contributed by atoms with Crippen LogP contribution in [0.15, 0.2) is 30.7 Å². The van der Waals surface area contributed by atoms with Crippen LogP contribution in [-0.2, 0) is 19.6 Å². The van der Waals surface area contributed by atoms with Gasteiger partial charge in [0.1, 0.15) is 0 Å². The molecule has 82 valence electrons. The van der Waals surface area contributed by atoms with E-state index < -0.39 is 0 Å². The highest BCUT2D eigenvalue weighted by atomic mass is 15.1. The number of hydrogen-bond acceptors (Lipinski definition) is 3. The number of nitrogens with one attached hydrogen (secondary N) is 1. The molecule has 0 aliphatic carbocycles. The quantitative estimate of drug-likeness (QED) is 0.745. The summed E-state index contributed by atoms with van der Waals surface area (Å²) in [5, 5.41) is 0. The van der Waals surface area contributed by atoms with E-state index >= 15 is 0 Å². The molecule has 2 heterocycles. The molecule has 1 aromatic carbocycles. The molecule has 3 N–H and O–H groups in total. The highest BCUT2D eigenvalue weighted by molar-refractivity contribution is 5.52. The van der Waals surface area contributed by atoms with Gasteiger partial charge in [-0.3, -0.25) is 4.90 Å². The third kappa shape index (κ3) is 1.57. The first-order valence-corrected chi connectivity index (χ1v) is 5.39. The van der Waals surface area contributed by atoms with E-state index in [0.717, 1.165) is 31.0 Å². The van der Waals surface area contributed by atoms with Crippen molar-refractivity contribution >= 4 is 5.69 Å². The molecular formula is C12H14N4. The Balaban J connectivity index is 1.78. The molecular weight excluding hydrogens is 200 g/mol. The number of aromatic nitrogens is 2. The lowest BCUT2D eigenvalue weighted by Crippen LogP contribution is -2.15. The average Bonchev–Trinajstić information content (AvgIpc) is 2.88. The Kier molecular flexibility index (Phi) is 2.15. The molecule has 0 unspecified atom stereocenters. The fraction of sp³-hybridized carbons (Fsp3) is 0.250.